The van der Waals surface area contributed by atoms with Gasteiger partial charge in [0.2, 0.25) is 0 Å². The van der Waals surface area contributed by atoms with E-state index in [9.17, 15) is 4.79 Å². The first-order valence-electron chi connectivity index (χ1n) is 7.64. The zero-order chi connectivity index (χ0) is 14.2. The van der Waals surface area contributed by atoms with E-state index in [2.05, 4.69) is 24.5 Å². The van der Waals surface area contributed by atoms with Crippen molar-refractivity contribution in [3.05, 3.63) is 0 Å². The molecule has 3 heteroatoms. The molecule has 2 amide bonds. The average Bonchev–Trinajstić information content (AvgIpc) is 3.12. The number of rotatable bonds is 3. The second-order valence-electron chi connectivity index (χ2n) is 5.35. The number of nitrogens with one attached hydrogen (secondary N) is 2. The van der Waals surface area contributed by atoms with Crippen molar-refractivity contribution in [3.63, 3.8) is 0 Å². The van der Waals surface area contributed by atoms with Gasteiger partial charge in [0.1, 0.15) is 0 Å². The summed E-state index contributed by atoms with van der Waals surface area (Å²) in [5, 5.41) is 5.90. The Kier molecular flexibility index (Phi) is 8.05. The summed E-state index contributed by atoms with van der Waals surface area (Å²) in [6, 6.07) is 0.462. The number of hydrogen-bond acceptors (Lipinski definition) is 1. The zero-order valence-electron chi connectivity index (χ0n) is 13.1. The first-order chi connectivity index (χ1) is 8.60. The highest BCUT2D eigenvalue weighted by Crippen LogP contribution is 2.60. The highest BCUT2D eigenvalue weighted by atomic mass is 16.2. The summed E-state index contributed by atoms with van der Waals surface area (Å²) in [4.78, 5) is 11.4. The van der Waals surface area contributed by atoms with Crippen LogP contribution < -0.4 is 10.6 Å². The van der Waals surface area contributed by atoms with E-state index in [0.29, 0.717) is 17.4 Å². The summed E-state index contributed by atoms with van der Waals surface area (Å²) in [7, 11) is 0. The van der Waals surface area contributed by atoms with Crippen molar-refractivity contribution in [3.8, 4) is 0 Å². The molecule has 0 unspecified atom stereocenters. The van der Waals surface area contributed by atoms with Gasteiger partial charge in [-0.1, -0.05) is 41.5 Å². The molecule has 2 saturated carbocycles. The fraction of sp³-hybridized carbons (Fsp3) is 0.933. The Labute approximate surface area is 113 Å². The second-order valence-corrected chi connectivity index (χ2v) is 5.35. The van der Waals surface area contributed by atoms with E-state index >= 15 is 0 Å². The SMILES string of the molecule is CC.CC.CC(C)CNC(=O)NC1CC2(CC2)C1. The molecule has 0 aromatic carbocycles. The normalized spacial score (nSPS) is 18.8. The monoisotopic (exact) mass is 256 g/mol. The third kappa shape index (κ3) is 5.74. The number of amides is 2. The Morgan fingerprint density at radius 2 is 1.67 bits per heavy atom. The van der Waals surface area contributed by atoms with Gasteiger partial charge in [0.05, 0.1) is 0 Å². The number of urea groups is 1. The Morgan fingerprint density at radius 3 is 2.06 bits per heavy atom. The van der Waals surface area contributed by atoms with Gasteiger partial charge in [0.25, 0.3) is 0 Å². The van der Waals surface area contributed by atoms with Crippen LogP contribution in [-0.4, -0.2) is 18.6 Å². The van der Waals surface area contributed by atoms with Gasteiger partial charge < -0.3 is 10.6 Å². The highest BCUT2D eigenvalue weighted by Gasteiger charge is 2.53. The van der Waals surface area contributed by atoms with Crippen molar-refractivity contribution >= 4 is 6.03 Å². The number of hydrogen-bond donors (Lipinski definition) is 2. The molecule has 0 atom stereocenters. The molecular weight excluding hydrogens is 224 g/mol. The largest absolute Gasteiger partial charge is 0.338 e. The predicted molar refractivity (Wildman–Crippen MR) is 78.8 cm³/mol. The number of carbonyl (C=O) groups excluding carboxylic acids is 1. The molecule has 0 bridgehead atoms. The molecule has 2 fully saturated rings. The maximum Gasteiger partial charge on any atom is 0.315 e. The van der Waals surface area contributed by atoms with Crippen LogP contribution in [0.5, 0.6) is 0 Å². The zero-order valence-corrected chi connectivity index (χ0v) is 13.1. The van der Waals surface area contributed by atoms with E-state index in [4.69, 9.17) is 0 Å². The summed E-state index contributed by atoms with van der Waals surface area (Å²) in [5.41, 5.74) is 0.677. The molecule has 2 rings (SSSR count). The van der Waals surface area contributed by atoms with Gasteiger partial charge >= 0.3 is 6.03 Å². The van der Waals surface area contributed by atoms with Crippen LogP contribution in [0.3, 0.4) is 0 Å². The van der Waals surface area contributed by atoms with E-state index in [1.165, 1.54) is 25.7 Å². The second kappa shape index (κ2) is 8.39. The molecule has 0 aliphatic heterocycles. The molecular formula is C15H32N2O. The quantitative estimate of drug-likeness (QED) is 0.789. The minimum Gasteiger partial charge on any atom is -0.338 e. The van der Waals surface area contributed by atoms with Crippen LogP contribution in [0.25, 0.3) is 0 Å². The minimum absolute atomic E-state index is 0.0131. The summed E-state index contributed by atoms with van der Waals surface area (Å²) in [6.45, 7) is 13.0. The van der Waals surface area contributed by atoms with Gasteiger partial charge in [-0.15, -0.1) is 0 Å². The lowest BCUT2D eigenvalue weighted by atomic mass is 9.77. The maximum atomic E-state index is 11.4. The molecule has 1 spiro atoms. The lowest BCUT2D eigenvalue weighted by Gasteiger charge is -2.36. The molecule has 2 aliphatic carbocycles. The van der Waals surface area contributed by atoms with Crippen molar-refractivity contribution in [1.82, 2.24) is 10.6 Å². The van der Waals surface area contributed by atoms with E-state index in [0.717, 1.165) is 6.54 Å². The number of carbonyl (C=O) groups is 1. The van der Waals surface area contributed by atoms with Crippen LogP contribution in [0.4, 0.5) is 4.79 Å². The first kappa shape index (κ1) is 17.3. The summed E-state index contributed by atoms with van der Waals surface area (Å²) >= 11 is 0. The molecule has 0 saturated heterocycles. The highest BCUT2D eigenvalue weighted by molar-refractivity contribution is 5.74. The molecule has 3 nitrogen and oxygen atoms in total. The first-order valence-corrected chi connectivity index (χ1v) is 7.64. The molecule has 108 valence electrons. The Balaban J connectivity index is 0.000000659. The fourth-order valence-electron chi connectivity index (χ4n) is 2.21. The smallest absolute Gasteiger partial charge is 0.315 e. The summed E-state index contributed by atoms with van der Waals surface area (Å²) in [6.07, 6.45) is 5.20. The molecule has 0 heterocycles. The van der Waals surface area contributed by atoms with Gasteiger partial charge in [0, 0.05) is 12.6 Å². The molecule has 2 N–H and O–H groups in total. The van der Waals surface area contributed by atoms with Crippen LogP contribution in [-0.2, 0) is 0 Å². The molecule has 0 aromatic heterocycles. The summed E-state index contributed by atoms with van der Waals surface area (Å²) < 4.78 is 0. The Hall–Kier alpha value is -0.730. The minimum atomic E-state index is 0.0131. The summed E-state index contributed by atoms with van der Waals surface area (Å²) in [5.74, 6) is 0.525. The maximum absolute atomic E-state index is 11.4. The van der Waals surface area contributed by atoms with Crippen molar-refractivity contribution in [1.29, 1.82) is 0 Å². The van der Waals surface area contributed by atoms with Gasteiger partial charge in [-0.05, 0) is 37.0 Å². The fourth-order valence-corrected chi connectivity index (χ4v) is 2.21. The third-order valence-corrected chi connectivity index (χ3v) is 3.32. The third-order valence-electron chi connectivity index (χ3n) is 3.32. The van der Waals surface area contributed by atoms with E-state index in [1.54, 1.807) is 0 Å². The standard InChI is InChI=1S/C11H20N2O.2C2H6/c1-8(2)7-12-10(14)13-9-5-11(6-9)3-4-11;2*1-2/h8-9H,3-7H2,1-2H3,(H2,12,13,14);2*1-2H3. The average molecular weight is 256 g/mol. The van der Waals surface area contributed by atoms with Gasteiger partial charge in [0.15, 0.2) is 0 Å². The lowest BCUT2D eigenvalue weighted by molar-refractivity contribution is 0.188. The van der Waals surface area contributed by atoms with Crippen LogP contribution in [0.15, 0.2) is 0 Å². The van der Waals surface area contributed by atoms with Gasteiger partial charge in [-0.25, -0.2) is 4.79 Å². The molecule has 0 radical (unpaired) electrons. The van der Waals surface area contributed by atoms with Crippen LogP contribution in [0.1, 0.15) is 67.2 Å². The van der Waals surface area contributed by atoms with E-state index in [1.807, 2.05) is 27.7 Å². The van der Waals surface area contributed by atoms with E-state index < -0.39 is 0 Å². The molecule has 18 heavy (non-hydrogen) atoms. The topological polar surface area (TPSA) is 41.1 Å². The van der Waals surface area contributed by atoms with Gasteiger partial charge in [-0.2, -0.15) is 0 Å². The van der Waals surface area contributed by atoms with Crippen LogP contribution in [0, 0.1) is 11.3 Å². The Bertz CT molecular complexity index is 227. The van der Waals surface area contributed by atoms with Crippen LogP contribution >= 0.6 is 0 Å². The van der Waals surface area contributed by atoms with Gasteiger partial charge in [-0.3, -0.25) is 0 Å². The molecule has 0 aromatic rings. The van der Waals surface area contributed by atoms with Crippen LogP contribution in [0.2, 0.25) is 0 Å². The Morgan fingerprint density at radius 1 is 1.17 bits per heavy atom. The van der Waals surface area contributed by atoms with E-state index in [-0.39, 0.29) is 6.03 Å². The van der Waals surface area contributed by atoms with Crippen molar-refractivity contribution in [2.24, 2.45) is 11.3 Å². The predicted octanol–water partition coefficient (Wildman–Crippen LogP) is 3.94. The molecule has 2 aliphatic rings. The van der Waals surface area contributed by atoms with Crippen molar-refractivity contribution in [2.45, 2.75) is 73.3 Å². The van der Waals surface area contributed by atoms with Crippen molar-refractivity contribution < 1.29 is 4.79 Å². The van der Waals surface area contributed by atoms with Crippen molar-refractivity contribution in [2.75, 3.05) is 6.54 Å². The lowest BCUT2D eigenvalue weighted by Crippen LogP contribution is -2.49.